The van der Waals surface area contributed by atoms with Crippen molar-refractivity contribution in [2.24, 2.45) is 0 Å². The molecule has 0 aliphatic heterocycles. The number of rotatable bonds is 51. The van der Waals surface area contributed by atoms with Gasteiger partial charge in [-0.1, -0.05) is 243 Å². The first-order valence-electron chi connectivity index (χ1n) is 27.9. The molecule has 0 saturated heterocycles. The lowest BCUT2D eigenvalue weighted by atomic mass is 10.0. The minimum atomic E-state index is -4.60. The van der Waals surface area contributed by atoms with E-state index in [1.807, 2.05) is 27.2 Å². The number of aliphatic hydroxyl groups is 1. The summed E-state index contributed by atoms with van der Waals surface area (Å²) in [6, 6.07) is -0.891. The van der Waals surface area contributed by atoms with E-state index in [2.05, 4.69) is 43.5 Å². The first-order chi connectivity index (χ1) is 31.5. The summed E-state index contributed by atoms with van der Waals surface area (Å²) in [7, 11) is 1.26. The topological polar surface area (TPSA) is 108 Å². The number of unbranched alkanes of at least 4 members (excludes halogenated alkanes) is 34. The largest absolute Gasteiger partial charge is 0.756 e. The van der Waals surface area contributed by atoms with E-state index in [9.17, 15) is 19.4 Å². The second-order valence-electron chi connectivity index (χ2n) is 20.3. The van der Waals surface area contributed by atoms with Crippen LogP contribution in [0.5, 0.6) is 0 Å². The molecule has 0 rings (SSSR count). The van der Waals surface area contributed by atoms with E-state index >= 15 is 0 Å². The van der Waals surface area contributed by atoms with Crippen LogP contribution >= 0.6 is 7.82 Å². The number of phosphoric acid groups is 1. The smallest absolute Gasteiger partial charge is 0.268 e. The lowest BCUT2D eigenvalue weighted by Crippen LogP contribution is -2.45. The van der Waals surface area contributed by atoms with E-state index < -0.39 is 20.0 Å². The van der Waals surface area contributed by atoms with Crippen LogP contribution in [0.15, 0.2) is 36.5 Å². The Kier molecular flexibility index (Phi) is 46.8. The van der Waals surface area contributed by atoms with Crippen molar-refractivity contribution in [3.63, 3.8) is 0 Å². The summed E-state index contributed by atoms with van der Waals surface area (Å²) in [5.74, 6) is -0.202. The number of allylic oxidation sites excluding steroid dienone is 5. The molecule has 0 aliphatic carbocycles. The number of carbonyl (C=O) groups excluding carboxylic acids is 1. The minimum Gasteiger partial charge on any atom is -0.756 e. The number of phosphoric ester groups is 1. The predicted octanol–water partition coefficient (Wildman–Crippen LogP) is 16.0. The zero-order chi connectivity index (χ0) is 47.8. The van der Waals surface area contributed by atoms with Crippen LogP contribution in [-0.2, 0) is 18.4 Å². The van der Waals surface area contributed by atoms with Gasteiger partial charge in [0.1, 0.15) is 13.2 Å². The molecule has 0 spiro atoms. The van der Waals surface area contributed by atoms with E-state index in [0.29, 0.717) is 17.4 Å². The molecule has 8 nitrogen and oxygen atoms in total. The molecular formula is C56H109N2O6P. The lowest BCUT2D eigenvalue weighted by Gasteiger charge is -2.29. The number of likely N-dealkylation sites (N-methyl/N-ethyl adjacent to an activating group) is 1. The molecule has 9 heteroatoms. The molecule has 1 amide bonds. The summed E-state index contributed by atoms with van der Waals surface area (Å²) >= 11 is 0. The number of amides is 1. The second kappa shape index (κ2) is 47.8. The van der Waals surface area contributed by atoms with Crippen LogP contribution in [0, 0.1) is 0 Å². The fraction of sp³-hybridized carbons (Fsp3) is 0.875. The van der Waals surface area contributed by atoms with Gasteiger partial charge < -0.3 is 28.8 Å². The molecule has 384 valence electrons. The number of nitrogens with one attached hydrogen (secondary N) is 1. The van der Waals surface area contributed by atoms with Crippen molar-refractivity contribution in [2.75, 3.05) is 40.9 Å². The van der Waals surface area contributed by atoms with Crippen LogP contribution in [-0.4, -0.2) is 68.5 Å². The third kappa shape index (κ3) is 50.4. The SMILES string of the molecule is CCCCCCCCCCC/C=C\C/C=C\CCCCCCCCCC(=O)NC(COP(=O)([O-])OCC[N+](C)(C)C)C(O)/C=C/CCCCCCCCCCCCCCCCCCCC. The molecule has 0 fully saturated rings. The second-order valence-corrected chi connectivity index (χ2v) is 21.7. The van der Waals surface area contributed by atoms with Gasteiger partial charge in [-0.2, -0.15) is 0 Å². The van der Waals surface area contributed by atoms with E-state index in [0.717, 1.165) is 51.4 Å². The molecule has 0 heterocycles. The first-order valence-corrected chi connectivity index (χ1v) is 29.3. The highest BCUT2D eigenvalue weighted by Crippen LogP contribution is 2.38. The monoisotopic (exact) mass is 937 g/mol. The standard InChI is InChI=1S/C56H109N2O6P/c1-6-8-10-12-14-16-18-20-22-24-26-28-29-30-32-34-36-38-40-42-44-46-48-50-56(60)57-54(53-64-65(61,62)63-52-51-58(3,4)5)55(59)49-47-45-43-41-39-37-35-33-31-27-25-23-21-19-17-15-13-11-9-7-2/h26,28,30,32,47,49,54-55,59H,6-25,27,29,31,33-46,48,50-53H2,1-5H3,(H-,57,60,61,62)/b28-26-,32-30-,49-47+. The van der Waals surface area contributed by atoms with Crippen molar-refractivity contribution in [1.82, 2.24) is 5.32 Å². The van der Waals surface area contributed by atoms with Crippen LogP contribution in [0.1, 0.15) is 264 Å². The van der Waals surface area contributed by atoms with E-state index in [1.165, 1.54) is 193 Å². The Morgan fingerprint density at radius 3 is 1.28 bits per heavy atom. The van der Waals surface area contributed by atoms with E-state index in [4.69, 9.17) is 9.05 Å². The molecule has 0 radical (unpaired) electrons. The van der Waals surface area contributed by atoms with Gasteiger partial charge in [0.2, 0.25) is 5.91 Å². The Labute approximate surface area is 404 Å². The van der Waals surface area contributed by atoms with Gasteiger partial charge in [0.15, 0.2) is 0 Å². The third-order valence-electron chi connectivity index (χ3n) is 12.6. The summed E-state index contributed by atoms with van der Waals surface area (Å²) in [6.07, 6.45) is 60.6. The van der Waals surface area contributed by atoms with Crippen LogP contribution in [0.25, 0.3) is 0 Å². The Balaban J connectivity index is 4.27. The van der Waals surface area contributed by atoms with Gasteiger partial charge in [0.25, 0.3) is 7.82 Å². The highest BCUT2D eigenvalue weighted by atomic mass is 31.2. The summed E-state index contributed by atoms with van der Waals surface area (Å²) in [5, 5.41) is 13.9. The van der Waals surface area contributed by atoms with Crippen molar-refractivity contribution in [3.05, 3.63) is 36.5 Å². The highest BCUT2D eigenvalue weighted by Gasteiger charge is 2.23. The molecule has 65 heavy (non-hydrogen) atoms. The average molecular weight is 937 g/mol. The molecular weight excluding hydrogens is 828 g/mol. The number of hydrogen-bond donors (Lipinski definition) is 2. The molecule has 0 bridgehead atoms. The Hall–Kier alpha value is -1.28. The number of aliphatic hydroxyl groups excluding tert-OH is 1. The molecule has 3 atom stereocenters. The maximum atomic E-state index is 12.9. The molecule has 0 aliphatic rings. The number of nitrogens with zero attached hydrogens (tertiary/aromatic N) is 1. The van der Waals surface area contributed by atoms with Crippen LogP contribution in [0.4, 0.5) is 0 Å². The van der Waals surface area contributed by atoms with E-state index in [-0.39, 0.29) is 19.1 Å². The molecule has 3 unspecified atom stereocenters. The van der Waals surface area contributed by atoms with Crippen LogP contribution < -0.4 is 10.2 Å². The number of carbonyl (C=O) groups is 1. The summed E-state index contributed by atoms with van der Waals surface area (Å²) in [6.45, 7) is 4.67. The van der Waals surface area contributed by atoms with Crippen molar-refractivity contribution < 1.29 is 32.9 Å². The van der Waals surface area contributed by atoms with Gasteiger partial charge in [-0.25, -0.2) is 0 Å². The molecule has 0 aromatic carbocycles. The first kappa shape index (κ1) is 63.7. The van der Waals surface area contributed by atoms with E-state index in [1.54, 1.807) is 6.08 Å². The minimum absolute atomic E-state index is 0.00242. The van der Waals surface area contributed by atoms with Gasteiger partial charge in [-0.15, -0.1) is 0 Å². The maximum absolute atomic E-state index is 12.9. The fourth-order valence-corrected chi connectivity index (χ4v) is 8.91. The Morgan fingerprint density at radius 1 is 0.538 bits per heavy atom. The number of quaternary nitrogens is 1. The Bertz CT molecular complexity index is 1150. The van der Waals surface area contributed by atoms with Gasteiger partial charge >= 0.3 is 0 Å². The predicted molar refractivity (Wildman–Crippen MR) is 279 cm³/mol. The zero-order valence-electron chi connectivity index (χ0n) is 43.7. The van der Waals surface area contributed by atoms with Gasteiger partial charge in [-0.3, -0.25) is 9.36 Å². The summed E-state index contributed by atoms with van der Waals surface area (Å²) in [4.78, 5) is 25.5. The molecule has 0 aromatic heterocycles. The zero-order valence-corrected chi connectivity index (χ0v) is 44.6. The third-order valence-corrected chi connectivity index (χ3v) is 13.6. The lowest BCUT2D eigenvalue weighted by molar-refractivity contribution is -0.870. The van der Waals surface area contributed by atoms with Crippen molar-refractivity contribution in [1.29, 1.82) is 0 Å². The molecule has 0 aromatic rings. The van der Waals surface area contributed by atoms with Crippen molar-refractivity contribution in [3.8, 4) is 0 Å². The van der Waals surface area contributed by atoms with Crippen LogP contribution in [0.2, 0.25) is 0 Å². The quantitative estimate of drug-likeness (QED) is 0.0272. The Morgan fingerprint density at radius 2 is 0.892 bits per heavy atom. The summed E-state index contributed by atoms with van der Waals surface area (Å²) in [5.41, 5.74) is 0. The normalized spacial score (nSPS) is 14.3. The van der Waals surface area contributed by atoms with Gasteiger partial charge in [0.05, 0.1) is 39.9 Å². The summed E-state index contributed by atoms with van der Waals surface area (Å²) < 4.78 is 23.3. The highest BCUT2D eigenvalue weighted by molar-refractivity contribution is 7.45. The van der Waals surface area contributed by atoms with Crippen molar-refractivity contribution >= 4 is 13.7 Å². The molecule has 0 saturated carbocycles. The maximum Gasteiger partial charge on any atom is 0.268 e. The van der Waals surface area contributed by atoms with Crippen molar-refractivity contribution in [2.45, 2.75) is 276 Å². The fourth-order valence-electron chi connectivity index (χ4n) is 8.18. The number of hydrogen-bond acceptors (Lipinski definition) is 6. The molecule has 2 N–H and O–H groups in total. The van der Waals surface area contributed by atoms with Gasteiger partial charge in [0, 0.05) is 6.42 Å². The average Bonchev–Trinajstić information content (AvgIpc) is 3.26. The van der Waals surface area contributed by atoms with Crippen LogP contribution in [0.3, 0.4) is 0 Å². The van der Waals surface area contributed by atoms with Gasteiger partial charge in [-0.05, 0) is 51.4 Å².